The Labute approximate surface area is 153 Å². The van der Waals surface area contributed by atoms with E-state index in [-0.39, 0.29) is 18.4 Å². The number of alkyl carbamates (subject to hydrolysis) is 1. The van der Waals surface area contributed by atoms with Crippen LogP contribution in [0.5, 0.6) is 0 Å². The summed E-state index contributed by atoms with van der Waals surface area (Å²) < 4.78 is 6.59. The average Bonchev–Trinajstić information content (AvgIpc) is 3.30. The minimum Gasteiger partial charge on any atom is -0.453 e. The lowest BCUT2D eigenvalue weighted by Gasteiger charge is -2.32. The summed E-state index contributed by atoms with van der Waals surface area (Å²) in [5, 5.41) is 11.3. The molecule has 2 fully saturated rings. The minimum atomic E-state index is -0.591. The van der Waals surface area contributed by atoms with Crippen molar-refractivity contribution in [1.29, 1.82) is 0 Å². The van der Waals surface area contributed by atoms with Crippen molar-refractivity contribution in [3.05, 3.63) is 11.6 Å². The number of carbonyl (C=O) groups excluding carboxylic acids is 2. The number of hydrogen-bond acceptors (Lipinski definition) is 6. The molecule has 0 aliphatic carbocycles. The van der Waals surface area contributed by atoms with Crippen molar-refractivity contribution in [3.63, 3.8) is 0 Å². The fraction of sp³-hybridized carbons (Fsp3) is 0.765. The molecule has 26 heavy (non-hydrogen) atoms. The zero-order valence-corrected chi connectivity index (χ0v) is 15.6. The molecule has 3 rings (SSSR count). The largest absolute Gasteiger partial charge is 0.453 e. The fourth-order valence-electron chi connectivity index (χ4n) is 3.76. The predicted octanol–water partition coefficient (Wildman–Crippen LogP) is 0.473. The molecule has 0 saturated carbocycles. The standard InChI is InChI=1S/C17H28N6O3/c1-21-14(12-22-7-3-4-8-22)19-20-16(21)13-6-5-9-23(11-13)15(24)10-18-17(25)26-2/h13H,3-12H2,1-2H3,(H,18,25)/t13-/m1/s1. The van der Waals surface area contributed by atoms with E-state index >= 15 is 0 Å². The van der Waals surface area contributed by atoms with Gasteiger partial charge in [0.2, 0.25) is 5.91 Å². The SMILES string of the molecule is COC(=O)NCC(=O)N1CCC[C@@H](c2nnc(CN3CCCC3)n2C)C1. The van der Waals surface area contributed by atoms with E-state index in [9.17, 15) is 9.59 Å². The van der Waals surface area contributed by atoms with Crippen LogP contribution in [0.3, 0.4) is 0 Å². The molecule has 0 aromatic carbocycles. The average molecular weight is 364 g/mol. The van der Waals surface area contributed by atoms with Crippen molar-refractivity contribution in [1.82, 2.24) is 29.9 Å². The maximum Gasteiger partial charge on any atom is 0.407 e. The molecule has 2 aliphatic heterocycles. The molecule has 1 N–H and O–H groups in total. The van der Waals surface area contributed by atoms with E-state index in [1.807, 2.05) is 7.05 Å². The summed E-state index contributed by atoms with van der Waals surface area (Å²) in [7, 11) is 3.30. The van der Waals surface area contributed by atoms with Crippen LogP contribution in [0.1, 0.15) is 43.3 Å². The summed E-state index contributed by atoms with van der Waals surface area (Å²) in [6.07, 6.45) is 3.83. The first-order chi connectivity index (χ1) is 12.6. The Morgan fingerprint density at radius 1 is 1.19 bits per heavy atom. The van der Waals surface area contributed by atoms with Gasteiger partial charge in [0.25, 0.3) is 0 Å². The van der Waals surface area contributed by atoms with E-state index in [1.165, 1.54) is 20.0 Å². The molecule has 2 aliphatic rings. The van der Waals surface area contributed by atoms with Crippen LogP contribution < -0.4 is 5.32 Å². The van der Waals surface area contributed by atoms with Gasteiger partial charge in [-0.3, -0.25) is 9.69 Å². The van der Waals surface area contributed by atoms with Crippen LogP contribution in [0, 0.1) is 0 Å². The van der Waals surface area contributed by atoms with E-state index in [0.29, 0.717) is 13.1 Å². The van der Waals surface area contributed by atoms with Crippen molar-refractivity contribution in [3.8, 4) is 0 Å². The summed E-state index contributed by atoms with van der Waals surface area (Å²) in [6, 6.07) is 0. The van der Waals surface area contributed by atoms with Crippen molar-refractivity contribution >= 4 is 12.0 Å². The Bertz CT molecular complexity index is 640. The third-order valence-corrected chi connectivity index (χ3v) is 5.27. The molecule has 1 aromatic heterocycles. The van der Waals surface area contributed by atoms with E-state index in [2.05, 4.69) is 29.7 Å². The highest BCUT2D eigenvalue weighted by Crippen LogP contribution is 2.26. The van der Waals surface area contributed by atoms with Crippen molar-refractivity contribution in [2.24, 2.45) is 7.05 Å². The zero-order chi connectivity index (χ0) is 18.5. The Balaban J connectivity index is 1.59. The Morgan fingerprint density at radius 2 is 1.96 bits per heavy atom. The summed E-state index contributed by atoms with van der Waals surface area (Å²) in [6.45, 7) is 4.36. The minimum absolute atomic E-state index is 0.0432. The van der Waals surface area contributed by atoms with Crippen LogP contribution in [0.25, 0.3) is 0 Å². The molecule has 144 valence electrons. The highest BCUT2D eigenvalue weighted by atomic mass is 16.5. The number of likely N-dealkylation sites (tertiary alicyclic amines) is 2. The molecule has 0 bridgehead atoms. The summed E-state index contributed by atoms with van der Waals surface area (Å²) in [5.41, 5.74) is 0. The molecular weight excluding hydrogens is 336 g/mol. The van der Waals surface area contributed by atoms with Gasteiger partial charge in [0, 0.05) is 26.1 Å². The maximum atomic E-state index is 12.3. The van der Waals surface area contributed by atoms with Crippen LogP contribution in [0.4, 0.5) is 4.79 Å². The smallest absolute Gasteiger partial charge is 0.407 e. The van der Waals surface area contributed by atoms with Crippen molar-refractivity contribution in [2.45, 2.75) is 38.1 Å². The Morgan fingerprint density at radius 3 is 2.69 bits per heavy atom. The number of aromatic nitrogens is 3. The number of rotatable bonds is 5. The normalized spacial score (nSPS) is 21.0. The van der Waals surface area contributed by atoms with Crippen LogP contribution in [-0.4, -0.2) is 76.4 Å². The van der Waals surface area contributed by atoms with Gasteiger partial charge >= 0.3 is 6.09 Å². The molecule has 9 nitrogen and oxygen atoms in total. The highest BCUT2D eigenvalue weighted by Gasteiger charge is 2.29. The highest BCUT2D eigenvalue weighted by molar-refractivity contribution is 5.82. The van der Waals surface area contributed by atoms with Gasteiger partial charge < -0.3 is 19.5 Å². The monoisotopic (exact) mass is 364 g/mol. The molecule has 3 heterocycles. The first kappa shape index (κ1) is 18.6. The third-order valence-electron chi connectivity index (χ3n) is 5.27. The van der Waals surface area contributed by atoms with Crippen molar-refractivity contribution < 1.29 is 14.3 Å². The second-order valence-corrected chi connectivity index (χ2v) is 7.04. The molecule has 1 atom stereocenters. The van der Waals surface area contributed by atoms with Gasteiger partial charge in [-0.15, -0.1) is 10.2 Å². The molecule has 0 unspecified atom stereocenters. The number of hydrogen-bond donors (Lipinski definition) is 1. The predicted molar refractivity (Wildman–Crippen MR) is 94.5 cm³/mol. The van der Waals surface area contributed by atoms with Gasteiger partial charge in [-0.25, -0.2) is 4.79 Å². The first-order valence-electron chi connectivity index (χ1n) is 9.28. The summed E-state index contributed by atoms with van der Waals surface area (Å²) in [5.74, 6) is 2.01. The molecule has 0 spiro atoms. The topological polar surface area (TPSA) is 92.6 Å². The molecular formula is C17H28N6O3. The number of ether oxygens (including phenoxy) is 1. The van der Waals surface area contributed by atoms with Gasteiger partial charge in [0.05, 0.1) is 13.7 Å². The lowest BCUT2D eigenvalue weighted by molar-refractivity contribution is -0.131. The molecule has 2 amide bonds. The molecule has 0 radical (unpaired) electrons. The van der Waals surface area contributed by atoms with Crippen LogP contribution in [0.2, 0.25) is 0 Å². The number of carbonyl (C=O) groups is 2. The molecule has 1 aromatic rings. The lowest BCUT2D eigenvalue weighted by atomic mass is 9.97. The Kier molecular flexibility index (Phi) is 6.08. The number of nitrogens with zero attached hydrogens (tertiary/aromatic N) is 5. The summed E-state index contributed by atoms with van der Waals surface area (Å²) >= 11 is 0. The van der Waals surface area contributed by atoms with Crippen LogP contribution in [0.15, 0.2) is 0 Å². The van der Waals surface area contributed by atoms with E-state index in [1.54, 1.807) is 4.90 Å². The Hall–Kier alpha value is -2.16. The quantitative estimate of drug-likeness (QED) is 0.817. The third kappa shape index (κ3) is 4.32. The van der Waals surface area contributed by atoms with Gasteiger partial charge in [-0.1, -0.05) is 0 Å². The van der Waals surface area contributed by atoms with Crippen LogP contribution >= 0.6 is 0 Å². The van der Waals surface area contributed by atoms with E-state index < -0.39 is 6.09 Å². The van der Waals surface area contributed by atoms with E-state index in [4.69, 9.17) is 0 Å². The summed E-state index contributed by atoms with van der Waals surface area (Å²) in [4.78, 5) is 27.7. The van der Waals surface area contributed by atoms with Gasteiger partial charge in [-0.2, -0.15) is 0 Å². The number of methoxy groups -OCH3 is 1. The fourth-order valence-corrected chi connectivity index (χ4v) is 3.76. The van der Waals surface area contributed by atoms with Crippen molar-refractivity contribution in [2.75, 3.05) is 39.8 Å². The lowest BCUT2D eigenvalue weighted by Crippen LogP contribution is -2.44. The van der Waals surface area contributed by atoms with Gasteiger partial charge in [0.15, 0.2) is 0 Å². The molecule has 2 saturated heterocycles. The zero-order valence-electron chi connectivity index (χ0n) is 15.6. The maximum absolute atomic E-state index is 12.3. The second-order valence-electron chi connectivity index (χ2n) is 7.04. The van der Waals surface area contributed by atoms with Crippen LogP contribution in [-0.2, 0) is 23.1 Å². The van der Waals surface area contributed by atoms with Gasteiger partial charge in [0.1, 0.15) is 18.2 Å². The van der Waals surface area contributed by atoms with Gasteiger partial charge in [-0.05, 0) is 38.8 Å². The first-order valence-corrected chi connectivity index (χ1v) is 9.28. The van der Waals surface area contributed by atoms with E-state index in [0.717, 1.165) is 44.1 Å². The number of piperidine rings is 1. The molecule has 9 heteroatoms. The number of amides is 2. The number of nitrogens with one attached hydrogen (secondary N) is 1. The second kappa shape index (κ2) is 8.48.